The predicted molar refractivity (Wildman–Crippen MR) is 66.8 cm³/mol. The number of rotatable bonds is 5. The Balaban J connectivity index is 2.37. The molecule has 0 radical (unpaired) electrons. The zero-order valence-corrected chi connectivity index (χ0v) is 10.4. The predicted octanol–water partition coefficient (Wildman–Crippen LogP) is 2.28. The summed E-state index contributed by atoms with van der Waals surface area (Å²) >= 11 is 1.47. The zero-order chi connectivity index (χ0) is 12.0. The van der Waals surface area contributed by atoms with Crippen molar-refractivity contribution in [2.45, 2.75) is 26.3 Å². The lowest BCUT2D eigenvalue weighted by Gasteiger charge is -2.18. The first-order chi connectivity index (χ1) is 7.61. The number of thiophene rings is 1. The lowest BCUT2D eigenvalue weighted by atomic mass is 10.0. The SMILES string of the molecule is CC(C)CC(CO)NC(=O)Nc1cccs1. The van der Waals surface area contributed by atoms with Crippen LogP contribution < -0.4 is 10.6 Å². The Morgan fingerprint density at radius 1 is 1.56 bits per heavy atom. The van der Waals surface area contributed by atoms with E-state index in [1.165, 1.54) is 11.3 Å². The lowest BCUT2D eigenvalue weighted by molar-refractivity contribution is 0.214. The molecule has 1 unspecified atom stereocenters. The Morgan fingerprint density at radius 3 is 2.81 bits per heavy atom. The summed E-state index contributed by atoms with van der Waals surface area (Å²) in [5.74, 6) is 0.444. The van der Waals surface area contributed by atoms with E-state index in [0.29, 0.717) is 5.92 Å². The number of hydrogen-bond donors (Lipinski definition) is 3. The van der Waals surface area contributed by atoms with Gasteiger partial charge in [0.1, 0.15) is 0 Å². The van der Waals surface area contributed by atoms with Gasteiger partial charge in [-0.25, -0.2) is 4.79 Å². The van der Waals surface area contributed by atoms with Crippen LogP contribution in [0.25, 0.3) is 0 Å². The fourth-order valence-electron chi connectivity index (χ4n) is 1.43. The van der Waals surface area contributed by atoms with Crippen LogP contribution >= 0.6 is 11.3 Å². The molecule has 0 saturated heterocycles. The molecule has 0 fully saturated rings. The van der Waals surface area contributed by atoms with Gasteiger partial charge in [0.2, 0.25) is 0 Å². The van der Waals surface area contributed by atoms with Crippen LogP contribution in [0.3, 0.4) is 0 Å². The van der Waals surface area contributed by atoms with Crippen LogP contribution in [-0.2, 0) is 0 Å². The van der Waals surface area contributed by atoms with Crippen molar-refractivity contribution in [3.05, 3.63) is 17.5 Å². The Hall–Kier alpha value is -1.07. The van der Waals surface area contributed by atoms with E-state index in [1.54, 1.807) is 0 Å². The van der Waals surface area contributed by atoms with Crippen molar-refractivity contribution >= 4 is 22.4 Å². The molecule has 90 valence electrons. The van der Waals surface area contributed by atoms with Crippen molar-refractivity contribution in [2.24, 2.45) is 5.92 Å². The fourth-order valence-corrected chi connectivity index (χ4v) is 2.04. The van der Waals surface area contributed by atoms with E-state index in [0.717, 1.165) is 11.4 Å². The molecule has 1 atom stereocenters. The number of anilines is 1. The second-order valence-corrected chi connectivity index (χ2v) is 5.03. The summed E-state index contributed by atoms with van der Waals surface area (Å²) in [6.07, 6.45) is 0.772. The first-order valence-corrected chi connectivity index (χ1v) is 6.21. The van der Waals surface area contributed by atoms with Crippen LogP contribution in [0.1, 0.15) is 20.3 Å². The topological polar surface area (TPSA) is 61.4 Å². The molecule has 5 heteroatoms. The average molecular weight is 242 g/mol. The van der Waals surface area contributed by atoms with Crippen molar-refractivity contribution in [3.8, 4) is 0 Å². The molecule has 2 amide bonds. The first-order valence-electron chi connectivity index (χ1n) is 5.33. The van der Waals surface area contributed by atoms with Gasteiger partial charge in [-0.05, 0) is 29.9 Å². The molecule has 0 aliphatic heterocycles. The second-order valence-electron chi connectivity index (χ2n) is 4.08. The van der Waals surface area contributed by atoms with Crippen LogP contribution in [0.15, 0.2) is 17.5 Å². The maximum atomic E-state index is 11.5. The Kier molecular flexibility index (Phi) is 5.28. The Morgan fingerprint density at radius 2 is 2.31 bits per heavy atom. The molecule has 0 saturated carbocycles. The molecule has 1 aromatic heterocycles. The van der Waals surface area contributed by atoms with Gasteiger partial charge in [0, 0.05) is 0 Å². The van der Waals surface area contributed by atoms with Crippen molar-refractivity contribution in [2.75, 3.05) is 11.9 Å². The molecule has 0 aliphatic rings. The molecular formula is C11H18N2O2S. The molecule has 0 aromatic carbocycles. The maximum Gasteiger partial charge on any atom is 0.320 e. The molecule has 4 nitrogen and oxygen atoms in total. The monoisotopic (exact) mass is 242 g/mol. The molecule has 1 aromatic rings. The van der Waals surface area contributed by atoms with E-state index in [9.17, 15) is 4.79 Å². The van der Waals surface area contributed by atoms with E-state index in [4.69, 9.17) is 5.11 Å². The summed E-state index contributed by atoms with van der Waals surface area (Å²) < 4.78 is 0. The number of carbonyl (C=O) groups is 1. The molecule has 16 heavy (non-hydrogen) atoms. The molecular weight excluding hydrogens is 224 g/mol. The van der Waals surface area contributed by atoms with Crippen molar-refractivity contribution in [1.29, 1.82) is 0 Å². The average Bonchev–Trinajstić information content (AvgIpc) is 2.68. The van der Waals surface area contributed by atoms with E-state index in [1.807, 2.05) is 17.5 Å². The van der Waals surface area contributed by atoms with Crippen LogP contribution in [0, 0.1) is 5.92 Å². The molecule has 0 aliphatic carbocycles. The van der Waals surface area contributed by atoms with Gasteiger partial charge in [-0.15, -0.1) is 11.3 Å². The van der Waals surface area contributed by atoms with Gasteiger partial charge in [-0.3, -0.25) is 5.32 Å². The number of urea groups is 1. The van der Waals surface area contributed by atoms with Gasteiger partial charge in [0.05, 0.1) is 17.6 Å². The van der Waals surface area contributed by atoms with Gasteiger partial charge < -0.3 is 10.4 Å². The summed E-state index contributed by atoms with van der Waals surface area (Å²) in [7, 11) is 0. The maximum absolute atomic E-state index is 11.5. The number of amides is 2. The van der Waals surface area contributed by atoms with E-state index < -0.39 is 0 Å². The lowest BCUT2D eigenvalue weighted by Crippen LogP contribution is -2.40. The highest BCUT2D eigenvalue weighted by molar-refractivity contribution is 7.14. The third-order valence-corrected chi connectivity index (χ3v) is 2.85. The zero-order valence-electron chi connectivity index (χ0n) is 9.56. The standard InChI is InChI=1S/C11H18N2O2S/c1-8(2)6-9(7-14)12-11(15)13-10-4-3-5-16-10/h3-5,8-9,14H,6-7H2,1-2H3,(H2,12,13,15). The van der Waals surface area contributed by atoms with Crippen LogP contribution in [0.4, 0.5) is 9.80 Å². The quantitative estimate of drug-likeness (QED) is 0.741. The third kappa shape index (κ3) is 4.63. The van der Waals surface area contributed by atoms with E-state index in [2.05, 4.69) is 24.5 Å². The highest BCUT2D eigenvalue weighted by atomic mass is 32.1. The number of aliphatic hydroxyl groups excluding tert-OH is 1. The minimum Gasteiger partial charge on any atom is -0.394 e. The molecule has 0 bridgehead atoms. The highest BCUT2D eigenvalue weighted by Crippen LogP contribution is 2.14. The minimum absolute atomic E-state index is 0.0317. The van der Waals surface area contributed by atoms with Gasteiger partial charge in [-0.1, -0.05) is 13.8 Å². The molecule has 1 heterocycles. The van der Waals surface area contributed by atoms with E-state index >= 15 is 0 Å². The number of aliphatic hydroxyl groups is 1. The van der Waals surface area contributed by atoms with Crippen molar-refractivity contribution in [1.82, 2.24) is 5.32 Å². The normalized spacial score (nSPS) is 12.5. The molecule has 1 rings (SSSR count). The third-order valence-electron chi connectivity index (χ3n) is 2.07. The minimum atomic E-state index is -0.262. The summed E-state index contributed by atoms with van der Waals surface area (Å²) in [6.45, 7) is 4.08. The van der Waals surface area contributed by atoms with E-state index in [-0.39, 0.29) is 18.7 Å². The largest absolute Gasteiger partial charge is 0.394 e. The van der Waals surface area contributed by atoms with Gasteiger partial charge in [0.15, 0.2) is 0 Å². The van der Waals surface area contributed by atoms with Crippen molar-refractivity contribution in [3.63, 3.8) is 0 Å². The fraction of sp³-hybridized carbons (Fsp3) is 0.545. The number of carbonyl (C=O) groups excluding carboxylic acids is 1. The smallest absolute Gasteiger partial charge is 0.320 e. The van der Waals surface area contributed by atoms with Crippen LogP contribution in [-0.4, -0.2) is 23.8 Å². The summed E-state index contributed by atoms with van der Waals surface area (Å²) in [5, 5.41) is 17.3. The Labute approximate surface area is 99.7 Å². The first kappa shape index (κ1) is 13.0. The van der Waals surface area contributed by atoms with Gasteiger partial charge >= 0.3 is 6.03 Å². The Bertz CT molecular complexity index is 312. The number of nitrogens with one attached hydrogen (secondary N) is 2. The highest BCUT2D eigenvalue weighted by Gasteiger charge is 2.12. The van der Waals surface area contributed by atoms with Crippen molar-refractivity contribution < 1.29 is 9.90 Å². The van der Waals surface area contributed by atoms with Gasteiger partial charge in [-0.2, -0.15) is 0 Å². The number of hydrogen-bond acceptors (Lipinski definition) is 3. The summed E-state index contributed by atoms with van der Waals surface area (Å²) in [5.41, 5.74) is 0. The second kappa shape index (κ2) is 6.50. The van der Waals surface area contributed by atoms with Crippen LogP contribution in [0.5, 0.6) is 0 Å². The summed E-state index contributed by atoms with van der Waals surface area (Å²) in [4.78, 5) is 11.5. The summed E-state index contributed by atoms with van der Waals surface area (Å²) in [6, 6.07) is 3.26. The molecule has 0 spiro atoms. The molecule has 3 N–H and O–H groups in total. The van der Waals surface area contributed by atoms with Gasteiger partial charge in [0.25, 0.3) is 0 Å². The van der Waals surface area contributed by atoms with Crippen LogP contribution in [0.2, 0.25) is 0 Å².